The van der Waals surface area contributed by atoms with Crippen molar-refractivity contribution >= 4 is 29.9 Å². The maximum absolute atomic E-state index is 5.48. The average Bonchev–Trinajstić information content (AvgIpc) is 2.31. The summed E-state index contributed by atoms with van der Waals surface area (Å²) < 4.78 is 10.7. The molecule has 2 N–H and O–H groups in total. The minimum Gasteiger partial charge on any atom is -0.380 e. The molecule has 1 atom stereocenters. The van der Waals surface area contributed by atoms with Gasteiger partial charge in [-0.1, -0.05) is 20.8 Å². The number of methoxy groups -OCH3 is 1. The standard InChI is InChI=1S/C13H29N3O2.HI/c1-7-18-9-8-15-12(14-5)16-10-11(17-6)13(2,3)4;/h11H,7-10H2,1-6H3,(H2,14,15,16);1H. The van der Waals surface area contributed by atoms with Gasteiger partial charge >= 0.3 is 0 Å². The third kappa shape index (κ3) is 10.4. The van der Waals surface area contributed by atoms with Gasteiger partial charge in [0.25, 0.3) is 0 Å². The van der Waals surface area contributed by atoms with Crippen molar-refractivity contribution in [3.8, 4) is 0 Å². The Labute approximate surface area is 134 Å². The summed E-state index contributed by atoms with van der Waals surface area (Å²) in [6.07, 6.45) is 0.142. The fourth-order valence-corrected chi connectivity index (χ4v) is 1.54. The smallest absolute Gasteiger partial charge is 0.191 e. The third-order valence-corrected chi connectivity index (χ3v) is 2.67. The van der Waals surface area contributed by atoms with Gasteiger partial charge in [-0.05, 0) is 12.3 Å². The lowest BCUT2D eigenvalue weighted by molar-refractivity contribution is 0.0205. The van der Waals surface area contributed by atoms with Gasteiger partial charge < -0.3 is 20.1 Å². The molecule has 5 nitrogen and oxygen atoms in total. The Morgan fingerprint density at radius 3 is 2.32 bits per heavy atom. The van der Waals surface area contributed by atoms with Crippen LogP contribution in [-0.4, -0.2) is 52.5 Å². The summed E-state index contributed by atoms with van der Waals surface area (Å²) >= 11 is 0. The number of guanidine groups is 1. The topological polar surface area (TPSA) is 54.9 Å². The van der Waals surface area contributed by atoms with Crippen LogP contribution in [-0.2, 0) is 9.47 Å². The summed E-state index contributed by atoms with van der Waals surface area (Å²) in [5, 5.41) is 6.46. The Hall–Kier alpha value is -0.0800. The van der Waals surface area contributed by atoms with Gasteiger partial charge in [-0.15, -0.1) is 24.0 Å². The highest BCUT2D eigenvalue weighted by Gasteiger charge is 2.24. The number of aliphatic imine (C=N–C) groups is 1. The Bertz CT molecular complexity index is 243. The maximum Gasteiger partial charge on any atom is 0.191 e. The van der Waals surface area contributed by atoms with Crippen molar-refractivity contribution in [2.45, 2.75) is 33.8 Å². The Kier molecular flexibility index (Phi) is 13.1. The van der Waals surface area contributed by atoms with Crippen LogP contribution >= 0.6 is 24.0 Å². The molecule has 0 bridgehead atoms. The lowest BCUT2D eigenvalue weighted by Crippen LogP contribution is -2.45. The monoisotopic (exact) mass is 387 g/mol. The molecule has 0 rings (SSSR count). The van der Waals surface area contributed by atoms with Crippen molar-refractivity contribution in [1.82, 2.24) is 10.6 Å². The van der Waals surface area contributed by atoms with Crippen molar-refractivity contribution in [3.63, 3.8) is 0 Å². The number of nitrogens with one attached hydrogen (secondary N) is 2. The van der Waals surface area contributed by atoms with Gasteiger partial charge in [0.2, 0.25) is 0 Å². The second kappa shape index (κ2) is 11.7. The molecule has 6 heteroatoms. The molecular formula is C13H30IN3O2. The van der Waals surface area contributed by atoms with E-state index in [1.165, 1.54) is 0 Å². The van der Waals surface area contributed by atoms with E-state index in [2.05, 4.69) is 36.4 Å². The fraction of sp³-hybridized carbons (Fsp3) is 0.923. The van der Waals surface area contributed by atoms with E-state index in [9.17, 15) is 0 Å². The molecule has 0 heterocycles. The zero-order valence-electron chi connectivity index (χ0n) is 13.1. The van der Waals surface area contributed by atoms with Gasteiger partial charge in [0.05, 0.1) is 12.7 Å². The number of ether oxygens (including phenoxy) is 2. The molecule has 1 unspecified atom stereocenters. The van der Waals surface area contributed by atoms with E-state index in [1.807, 2.05) is 6.92 Å². The normalized spacial score (nSPS) is 13.7. The van der Waals surface area contributed by atoms with Crippen molar-refractivity contribution in [3.05, 3.63) is 0 Å². The predicted molar refractivity (Wildman–Crippen MR) is 91.5 cm³/mol. The highest BCUT2D eigenvalue weighted by Crippen LogP contribution is 2.20. The highest BCUT2D eigenvalue weighted by atomic mass is 127. The van der Waals surface area contributed by atoms with E-state index in [0.29, 0.717) is 6.61 Å². The Morgan fingerprint density at radius 2 is 1.89 bits per heavy atom. The summed E-state index contributed by atoms with van der Waals surface area (Å²) in [5.41, 5.74) is 0.103. The van der Waals surface area contributed by atoms with Crippen LogP contribution in [0.15, 0.2) is 4.99 Å². The van der Waals surface area contributed by atoms with Gasteiger partial charge in [-0.3, -0.25) is 4.99 Å². The zero-order valence-corrected chi connectivity index (χ0v) is 15.4. The molecule has 0 amide bonds. The largest absolute Gasteiger partial charge is 0.380 e. The summed E-state index contributed by atoms with van der Waals surface area (Å²) in [4.78, 5) is 4.16. The van der Waals surface area contributed by atoms with Gasteiger partial charge in [-0.2, -0.15) is 0 Å². The Balaban J connectivity index is 0. The van der Waals surface area contributed by atoms with Crippen LogP contribution in [0.3, 0.4) is 0 Å². The minimum atomic E-state index is 0. The van der Waals surface area contributed by atoms with Crippen molar-refractivity contribution in [2.75, 3.05) is 40.5 Å². The van der Waals surface area contributed by atoms with E-state index in [1.54, 1.807) is 14.2 Å². The Morgan fingerprint density at radius 1 is 1.26 bits per heavy atom. The van der Waals surface area contributed by atoms with Crippen molar-refractivity contribution < 1.29 is 9.47 Å². The van der Waals surface area contributed by atoms with Gasteiger partial charge in [0.15, 0.2) is 5.96 Å². The molecule has 0 aromatic rings. The first-order chi connectivity index (χ1) is 8.45. The molecule has 19 heavy (non-hydrogen) atoms. The van der Waals surface area contributed by atoms with E-state index in [4.69, 9.17) is 9.47 Å². The number of hydrogen-bond donors (Lipinski definition) is 2. The molecule has 0 aliphatic rings. The first kappa shape index (κ1) is 21.2. The lowest BCUT2D eigenvalue weighted by atomic mass is 9.89. The fourth-order valence-electron chi connectivity index (χ4n) is 1.54. The van der Waals surface area contributed by atoms with Crippen LogP contribution in [0.4, 0.5) is 0 Å². The molecule has 0 aromatic heterocycles. The van der Waals surface area contributed by atoms with Gasteiger partial charge in [0.1, 0.15) is 0 Å². The lowest BCUT2D eigenvalue weighted by Gasteiger charge is -2.30. The first-order valence-electron chi connectivity index (χ1n) is 6.50. The molecule has 0 aromatic carbocycles. The molecule has 0 saturated carbocycles. The molecular weight excluding hydrogens is 357 g/mol. The molecule has 0 fully saturated rings. The molecule has 0 aliphatic carbocycles. The summed E-state index contributed by atoms with van der Waals surface area (Å²) in [7, 11) is 3.50. The highest BCUT2D eigenvalue weighted by molar-refractivity contribution is 14.0. The van der Waals surface area contributed by atoms with E-state index < -0.39 is 0 Å². The summed E-state index contributed by atoms with van der Waals surface area (Å²) in [6.45, 7) is 11.4. The SMILES string of the molecule is CCOCCNC(=NC)NCC(OC)C(C)(C)C.I. The van der Waals surface area contributed by atoms with E-state index in [-0.39, 0.29) is 35.5 Å². The quantitative estimate of drug-likeness (QED) is 0.303. The second-order valence-corrected chi connectivity index (χ2v) is 5.17. The van der Waals surface area contributed by atoms with Crippen molar-refractivity contribution in [1.29, 1.82) is 0 Å². The molecule has 0 aliphatic heterocycles. The first-order valence-corrected chi connectivity index (χ1v) is 6.50. The average molecular weight is 387 g/mol. The molecule has 0 radical (unpaired) electrons. The summed E-state index contributed by atoms with van der Waals surface area (Å²) in [6, 6.07) is 0. The van der Waals surface area contributed by atoms with Crippen LogP contribution < -0.4 is 10.6 Å². The number of hydrogen-bond acceptors (Lipinski definition) is 3. The van der Waals surface area contributed by atoms with E-state index in [0.717, 1.165) is 25.7 Å². The van der Waals surface area contributed by atoms with Crippen LogP contribution in [0.5, 0.6) is 0 Å². The van der Waals surface area contributed by atoms with E-state index >= 15 is 0 Å². The predicted octanol–water partition coefficient (Wildman–Crippen LogP) is 1.87. The number of rotatable bonds is 7. The summed E-state index contributed by atoms with van der Waals surface area (Å²) in [5.74, 6) is 0.779. The van der Waals surface area contributed by atoms with Gasteiger partial charge in [-0.25, -0.2) is 0 Å². The maximum atomic E-state index is 5.48. The van der Waals surface area contributed by atoms with Crippen LogP contribution in [0.1, 0.15) is 27.7 Å². The molecule has 116 valence electrons. The molecule has 0 spiro atoms. The van der Waals surface area contributed by atoms with Crippen LogP contribution in [0, 0.1) is 5.41 Å². The molecule has 0 saturated heterocycles. The van der Waals surface area contributed by atoms with Crippen LogP contribution in [0.25, 0.3) is 0 Å². The minimum absolute atomic E-state index is 0. The number of nitrogens with zero attached hydrogens (tertiary/aromatic N) is 1. The third-order valence-electron chi connectivity index (χ3n) is 2.67. The van der Waals surface area contributed by atoms with Crippen molar-refractivity contribution in [2.24, 2.45) is 10.4 Å². The van der Waals surface area contributed by atoms with Gasteiger partial charge in [0, 0.05) is 33.9 Å². The second-order valence-electron chi connectivity index (χ2n) is 5.17. The number of halogens is 1. The zero-order chi connectivity index (χ0) is 14.0. The van der Waals surface area contributed by atoms with Crippen LogP contribution in [0.2, 0.25) is 0 Å².